The van der Waals surface area contributed by atoms with E-state index >= 15 is 0 Å². The highest BCUT2D eigenvalue weighted by molar-refractivity contribution is 6.83. The van der Waals surface area contributed by atoms with Crippen LogP contribution in [0, 0.1) is 11.5 Å². The fourth-order valence-corrected chi connectivity index (χ4v) is 1.72. The zero-order valence-corrected chi connectivity index (χ0v) is 11.2. The van der Waals surface area contributed by atoms with E-state index in [4.69, 9.17) is 0 Å². The van der Waals surface area contributed by atoms with Crippen molar-refractivity contribution in [3.8, 4) is 11.5 Å². The third-order valence-electron chi connectivity index (χ3n) is 1.82. The smallest absolute Gasteiger partial charge is 0.129 e. The van der Waals surface area contributed by atoms with E-state index in [0.717, 1.165) is 6.42 Å². The Morgan fingerprint density at radius 1 is 1.07 bits per heavy atom. The molecule has 0 atom stereocenters. The van der Waals surface area contributed by atoms with Crippen LogP contribution in [0.25, 0.3) is 0 Å². The number of allylic oxidation sites excluding steroid dienone is 2. The molecule has 0 nitrogen and oxygen atoms in total. The van der Waals surface area contributed by atoms with E-state index in [0.29, 0.717) is 0 Å². The van der Waals surface area contributed by atoms with Gasteiger partial charge in [-0.15, -0.1) is 11.5 Å². The van der Waals surface area contributed by atoms with Gasteiger partial charge in [0, 0.05) is 6.42 Å². The Balaban J connectivity index is 3.47. The molecular formula is C13H24Si. The van der Waals surface area contributed by atoms with Gasteiger partial charge in [0.25, 0.3) is 0 Å². The van der Waals surface area contributed by atoms with Crippen LogP contribution in [-0.2, 0) is 0 Å². The van der Waals surface area contributed by atoms with Crippen molar-refractivity contribution in [1.29, 1.82) is 0 Å². The first-order chi connectivity index (χ1) is 6.56. The molecule has 0 saturated heterocycles. The molecule has 80 valence electrons. The molecule has 0 aromatic heterocycles. The lowest BCUT2D eigenvalue weighted by Gasteiger charge is -2.02. The van der Waals surface area contributed by atoms with Gasteiger partial charge in [-0.2, -0.15) is 0 Å². The van der Waals surface area contributed by atoms with Gasteiger partial charge in [0.1, 0.15) is 8.07 Å². The van der Waals surface area contributed by atoms with Gasteiger partial charge >= 0.3 is 0 Å². The minimum Gasteiger partial charge on any atom is -0.132 e. The summed E-state index contributed by atoms with van der Waals surface area (Å²) in [5, 5.41) is 0. The lowest BCUT2D eigenvalue weighted by molar-refractivity contribution is 0.728. The van der Waals surface area contributed by atoms with Gasteiger partial charge < -0.3 is 0 Å². The summed E-state index contributed by atoms with van der Waals surface area (Å²) in [6.07, 6.45) is 10.6. The second kappa shape index (κ2) is 7.88. The largest absolute Gasteiger partial charge is 0.132 e. The second-order valence-electron chi connectivity index (χ2n) is 4.72. The maximum absolute atomic E-state index is 3.36. The van der Waals surface area contributed by atoms with E-state index in [9.17, 15) is 0 Å². The normalized spacial score (nSPS) is 11.4. The van der Waals surface area contributed by atoms with Crippen molar-refractivity contribution in [2.24, 2.45) is 0 Å². The van der Waals surface area contributed by atoms with Gasteiger partial charge in [0.15, 0.2) is 0 Å². The van der Waals surface area contributed by atoms with E-state index in [1.165, 1.54) is 25.7 Å². The summed E-state index contributed by atoms with van der Waals surface area (Å²) in [4.78, 5) is 0. The first-order valence-electron chi connectivity index (χ1n) is 5.71. The van der Waals surface area contributed by atoms with Crippen LogP contribution in [0.5, 0.6) is 0 Å². The van der Waals surface area contributed by atoms with E-state index < -0.39 is 8.07 Å². The minimum atomic E-state index is -1.13. The molecule has 0 aliphatic rings. The van der Waals surface area contributed by atoms with E-state index in [1.54, 1.807) is 0 Å². The molecular weight excluding hydrogens is 184 g/mol. The highest BCUT2D eigenvalue weighted by Gasteiger charge is 2.06. The van der Waals surface area contributed by atoms with Gasteiger partial charge in [-0.05, 0) is 12.8 Å². The molecule has 0 amide bonds. The molecule has 0 saturated carbocycles. The quantitative estimate of drug-likeness (QED) is 0.272. The first kappa shape index (κ1) is 13.5. The number of hydrogen-bond acceptors (Lipinski definition) is 0. The predicted octanol–water partition coefficient (Wildman–Crippen LogP) is 4.39. The first-order valence-corrected chi connectivity index (χ1v) is 9.21. The average molecular weight is 208 g/mol. The molecule has 0 fully saturated rings. The van der Waals surface area contributed by atoms with Crippen LogP contribution in [-0.4, -0.2) is 8.07 Å². The standard InChI is InChI=1S/C13H24Si/c1-5-6-7-8-9-10-11-12-13-14(2,3)4/h9-10H,5-8,11H2,1-4H3/b10-9-. The molecule has 0 aliphatic carbocycles. The zero-order chi connectivity index (χ0) is 10.9. The van der Waals surface area contributed by atoms with E-state index in [1.807, 2.05) is 0 Å². The van der Waals surface area contributed by atoms with Crippen LogP contribution >= 0.6 is 0 Å². The van der Waals surface area contributed by atoms with Gasteiger partial charge in [-0.25, -0.2) is 0 Å². The number of unbranched alkanes of at least 4 members (excludes halogenated alkanes) is 3. The lowest BCUT2D eigenvalue weighted by Crippen LogP contribution is -2.16. The summed E-state index contributed by atoms with van der Waals surface area (Å²) >= 11 is 0. The molecule has 0 aromatic rings. The van der Waals surface area contributed by atoms with Crippen molar-refractivity contribution in [2.45, 2.75) is 58.7 Å². The van der Waals surface area contributed by atoms with Crippen LogP contribution in [0.1, 0.15) is 39.0 Å². The molecule has 0 aliphatic heterocycles. The fraction of sp³-hybridized carbons (Fsp3) is 0.692. The van der Waals surface area contributed by atoms with Crippen molar-refractivity contribution < 1.29 is 0 Å². The highest BCUT2D eigenvalue weighted by atomic mass is 28.3. The minimum absolute atomic E-state index is 0.941. The van der Waals surface area contributed by atoms with Gasteiger partial charge in [-0.1, -0.05) is 51.6 Å². The summed E-state index contributed by atoms with van der Waals surface area (Å²) in [5.41, 5.74) is 3.36. The summed E-state index contributed by atoms with van der Waals surface area (Å²) in [6, 6.07) is 0. The van der Waals surface area contributed by atoms with E-state index in [-0.39, 0.29) is 0 Å². The number of rotatable bonds is 5. The summed E-state index contributed by atoms with van der Waals surface area (Å²) < 4.78 is 0. The topological polar surface area (TPSA) is 0 Å². The third-order valence-corrected chi connectivity index (χ3v) is 2.75. The molecule has 0 radical (unpaired) electrons. The molecule has 0 bridgehead atoms. The Morgan fingerprint density at radius 3 is 2.36 bits per heavy atom. The molecule has 0 spiro atoms. The van der Waals surface area contributed by atoms with Crippen LogP contribution < -0.4 is 0 Å². The molecule has 0 unspecified atom stereocenters. The molecule has 14 heavy (non-hydrogen) atoms. The molecule has 0 rings (SSSR count). The third kappa shape index (κ3) is 11.5. The summed E-state index contributed by atoms with van der Waals surface area (Å²) in [7, 11) is -1.13. The van der Waals surface area contributed by atoms with Crippen LogP contribution in [0.2, 0.25) is 19.6 Å². The maximum Gasteiger partial charge on any atom is 0.129 e. The molecule has 1 heteroatoms. The zero-order valence-electron chi connectivity index (χ0n) is 10.2. The monoisotopic (exact) mass is 208 g/mol. The van der Waals surface area contributed by atoms with Crippen LogP contribution in [0.15, 0.2) is 12.2 Å². The molecule has 0 aromatic carbocycles. The van der Waals surface area contributed by atoms with Crippen molar-refractivity contribution in [2.75, 3.05) is 0 Å². The Kier molecular flexibility index (Phi) is 7.61. The average Bonchev–Trinajstić information content (AvgIpc) is 2.08. The van der Waals surface area contributed by atoms with Gasteiger partial charge in [0.2, 0.25) is 0 Å². The summed E-state index contributed by atoms with van der Waals surface area (Å²) in [5.74, 6) is 3.24. The summed E-state index contributed by atoms with van der Waals surface area (Å²) in [6.45, 7) is 9.09. The SMILES string of the molecule is CCCCC/C=C\CC#C[Si](C)(C)C. The Hall–Kier alpha value is -0.483. The van der Waals surface area contributed by atoms with Crippen LogP contribution in [0.3, 0.4) is 0 Å². The predicted molar refractivity (Wildman–Crippen MR) is 69.0 cm³/mol. The molecule has 0 N–H and O–H groups in total. The lowest BCUT2D eigenvalue weighted by atomic mass is 10.2. The van der Waals surface area contributed by atoms with Gasteiger partial charge in [0.05, 0.1) is 0 Å². The Bertz CT molecular complexity index is 210. The Labute approximate surface area is 90.8 Å². The van der Waals surface area contributed by atoms with Crippen molar-refractivity contribution in [1.82, 2.24) is 0 Å². The van der Waals surface area contributed by atoms with Crippen molar-refractivity contribution in [3.63, 3.8) is 0 Å². The second-order valence-corrected chi connectivity index (χ2v) is 9.47. The highest BCUT2D eigenvalue weighted by Crippen LogP contribution is 2.00. The van der Waals surface area contributed by atoms with Crippen molar-refractivity contribution in [3.05, 3.63) is 12.2 Å². The van der Waals surface area contributed by atoms with E-state index in [2.05, 4.69) is 50.2 Å². The number of hydrogen-bond donors (Lipinski definition) is 0. The molecule has 0 heterocycles. The van der Waals surface area contributed by atoms with Crippen molar-refractivity contribution >= 4 is 8.07 Å². The van der Waals surface area contributed by atoms with Gasteiger partial charge in [-0.3, -0.25) is 0 Å². The maximum atomic E-state index is 3.36. The Morgan fingerprint density at radius 2 is 1.79 bits per heavy atom. The fourth-order valence-electron chi connectivity index (χ4n) is 1.09. The van der Waals surface area contributed by atoms with Crippen LogP contribution in [0.4, 0.5) is 0 Å².